The molecule has 6 nitrogen and oxygen atoms in total. The van der Waals surface area contributed by atoms with Crippen molar-refractivity contribution in [2.75, 3.05) is 18.8 Å². The number of benzene rings is 1. The zero-order chi connectivity index (χ0) is 14.2. The van der Waals surface area contributed by atoms with Crippen LogP contribution < -0.4 is 11.1 Å². The van der Waals surface area contributed by atoms with Crippen LogP contribution in [-0.2, 0) is 14.8 Å². The van der Waals surface area contributed by atoms with Gasteiger partial charge in [0.05, 0.1) is 4.90 Å². The standard InChI is InChI=1S/C12H17N3O3S/c1-8-7-10(3-4-11(8)13)19(17,18)15-6-5-14-12(16)9(15)2/h3-4,7,9H,5-6,13H2,1-2H3,(H,14,16). The third kappa shape index (κ3) is 2.43. The third-order valence-electron chi connectivity index (χ3n) is 3.29. The monoisotopic (exact) mass is 283 g/mol. The van der Waals surface area contributed by atoms with E-state index in [0.717, 1.165) is 0 Å². The Hall–Kier alpha value is -1.60. The molecule has 1 heterocycles. The fourth-order valence-electron chi connectivity index (χ4n) is 2.03. The number of nitrogens with two attached hydrogens (primary N) is 1. The molecule has 0 aromatic heterocycles. The van der Waals surface area contributed by atoms with Crippen LogP contribution in [-0.4, -0.2) is 37.8 Å². The van der Waals surface area contributed by atoms with Crippen molar-refractivity contribution in [1.29, 1.82) is 0 Å². The molecule has 7 heteroatoms. The van der Waals surface area contributed by atoms with Crippen LogP contribution in [0, 0.1) is 6.92 Å². The van der Waals surface area contributed by atoms with E-state index in [1.54, 1.807) is 19.9 Å². The van der Waals surface area contributed by atoms with Gasteiger partial charge in [-0.25, -0.2) is 8.42 Å². The Kier molecular flexibility index (Phi) is 3.51. The summed E-state index contributed by atoms with van der Waals surface area (Å²) in [7, 11) is -3.67. The zero-order valence-corrected chi connectivity index (χ0v) is 11.7. The van der Waals surface area contributed by atoms with Crippen molar-refractivity contribution in [3.05, 3.63) is 23.8 Å². The number of sulfonamides is 1. The molecule has 1 atom stereocenters. The summed E-state index contributed by atoms with van der Waals surface area (Å²) < 4.78 is 26.2. The molecule has 3 N–H and O–H groups in total. The molecule has 1 amide bonds. The molecule has 0 aliphatic carbocycles. The lowest BCUT2D eigenvalue weighted by molar-refractivity contribution is -0.126. The number of nitrogens with zero attached hydrogens (tertiary/aromatic N) is 1. The van der Waals surface area contributed by atoms with E-state index in [-0.39, 0.29) is 17.3 Å². The largest absolute Gasteiger partial charge is 0.399 e. The highest BCUT2D eigenvalue weighted by Crippen LogP contribution is 2.22. The average Bonchev–Trinajstić information content (AvgIpc) is 2.35. The number of hydrogen-bond donors (Lipinski definition) is 2. The first-order valence-corrected chi connectivity index (χ1v) is 7.43. The van der Waals surface area contributed by atoms with Gasteiger partial charge in [0.1, 0.15) is 6.04 Å². The van der Waals surface area contributed by atoms with Gasteiger partial charge in [0.15, 0.2) is 0 Å². The third-order valence-corrected chi connectivity index (χ3v) is 5.26. The first-order valence-electron chi connectivity index (χ1n) is 5.99. The number of hydrogen-bond acceptors (Lipinski definition) is 4. The number of amides is 1. The summed E-state index contributed by atoms with van der Waals surface area (Å²) in [6, 6.07) is 3.87. The minimum atomic E-state index is -3.67. The molecule has 1 aliphatic heterocycles. The predicted molar refractivity (Wildman–Crippen MR) is 72.0 cm³/mol. The second kappa shape index (κ2) is 4.82. The molecule has 19 heavy (non-hydrogen) atoms. The molecule has 0 bridgehead atoms. The summed E-state index contributed by atoms with van der Waals surface area (Å²) in [6.07, 6.45) is 0. The maximum absolute atomic E-state index is 12.5. The first kappa shape index (κ1) is 13.8. The van der Waals surface area contributed by atoms with E-state index in [9.17, 15) is 13.2 Å². The lowest BCUT2D eigenvalue weighted by Gasteiger charge is -2.31. The molecule has 0 radical (unpaired) electrons. The van der Waals surface area contributed by atoms with Crippen LogP contribution in [0.1, 0.15) is 12.5 Å². The van der Waals surface area contributed by atoms with Crippen LogP contribution in [0.15, 0.2) is 23.1 Å². The van der Waals surface area contributed by atoms with Gasteiger partial charge in [-0.15, -0.1) is 0 Å². The van der Waals surface area contributed by atoms with Crippen molar-refractivity contribution >= 4 is 21.6 Å². The Morgan fingerprint density at radius 1 is 1.42 bits per heavy atom. The number of piperazine rings is 1. The van der Waals surface area contributed by atoms with Crippen LogP contribution in [0.25, 0.3) is 0 Å². The van der Waals surface area contributed by atoms with Gasteiger partial charge in [0.25, 0.3) is 0 Å². The second-order valence-electron chi connectivity index (χ2n) is 4.60. The molecule has 2 rings (SSSR count). The van der Waals surface area contributed by atoms with E-state index in [4.69, 9.17) is 5.73 Å². The number of carbonyl (C=O) groups is 1. The van der Waals surface area contributed by atoms with Gasteiger partial charge in [0, 0.05) is 18.8 Å². The molecule has 1 aliphatic rings. The summed E-state index contributed by atoms with van der Waals surface area (Å²) in [4.78, 5) is 11.7. The summed E-state index contributed by atoms with van der Waals surface area (Å²) in [5.41, 5.74) is 6.94. The van der Waals surface area contributed by atoms with Gasteiger partial charge in [-0.05, 0) is 37.6 Å². The fraction of sp³-hybridized carbons (Fsp3) is 0.417. The van der Waals surface area contributed by atoms with Gasteiger partial charge in [-0.3, -0.25) is 4.79 Å². The van der Waals surface area contributed by atoms with E-state index in [2.05, 4.69) is 5.32 Å². The SMILES string of the molecule is Cc1cc(S(=O)(=O)N2CCNC(=O)C2C)ccc1N. The summed E-state index contributed by atoms with van der Waals surface area (Å²) in [5, 5.41) is 2.64. The lowest BCUT2D eigenvalue weighted by atomic mass is 10.2. The molecule has 1 saturated heterocycles. The Morgan fingerprint density at radius 2 is 2.11 bits per heavy atom. The molecule has 1 fully saturated rings. The van der Waals surface area contributed by atoms with Crippen molar-refractivity contribution in [3.8, 4) is 0 Å². The van der Waals surface area contributed by atoms with Crippen molar-refractivity contribution in [3.63, 3.8) is 0 Å². The van der Waals surface area contributed by atoms with Crippen LogP contribution in [0.4, 0.5) is 5.69 Å². The topological polar surface area (TPSA) is 92.5 Å². The number of nitrogen functional groups attached to an aromatic ring is 1. The molecular weight excluding hydrogens is 266 g/mol. The Morgan fingerprint density at radius 3 is 2.74 bits per heavy atom. The van der Waals surface area contributed by atoms with Crippen LogP contribution in [0.2, 0.25) is 0 Å². The number of nitrogens with one attached hydrogen (secondary N) is 1. The van der Waals surface area contributed by atoms with Crippen molar-refractivity contribution < 1.29 is 13.2 Å². The Bertz CT molecular complexity index is 613. The summed E-state index contributed by atoms with van der Waals surface area (Å²) >= 11 is 0. The maximum Gasteiger partial charge on any atom is 0.243 e. The van der Waals surface area contributed by atoms with Crippen molar-refractivity contribution in [2.24, 2.45) is 0 Å². The second-order valence-corrected chi connectivity index (χ2v) is 6.49. The van der Waals surface area contributed by atoms with Crippen LogP contribution >= 0.6 is 0 Å². The molecule has 1 aromatic carbocycles. The van der Waals surface area contributed by atoms with Gasteiger partial charge >= 0.3 is 0 Å². The van der Waals surface area contributed by atoms with E-state index >= 15 is 0 Å². The first-order chi connectivity index (χ1) is 8.84. The molecule has 0 saturated carbocycles. The number of aryl methyl sites for hydroxylation is 1. The quantitative estimate of drug-likeness (QED) is 0.752. The van der Waals surface area contributed by atoms with E-state index < -0.39 is 16.1 Å². The van der Waals surface area contributed by atoms with Gasteiger partial charge < -0.3 is 11.1 Å². The van der Waals surface area contributed by atoms with Crippen LogP contribution in [0.3, 0.4) is 0 Å². The smallest absolute Gasteiger partial charge is 0.243 e. The lowest BCUT2D eigenvalue weighted by Crippen LogP contribution is -2.55. The Balaban J connectivity index is 2.41. The highest BCUT2D eigenvalue weighted by Gasteiger charge is 2.35. The fourth-order valence-corrected chi connectivity index (χ4v) is 3.71. The number of anilines is 1. The summed E-state index contributed by atoms with van der Waals surface area (Å²) in [5.74, 6) is -0.276. The summed E-state index contributed by atoms with van der Waals surface area (Å²) in [6.45, 7) is 3.94. The molecular formula is C12H17N3O3S. The van der Waals surface area contributed by atoms with E-state index in [1.807, 2.05) is 0 Å². The van der Waals surface area contributed by atoms with Crippen molar-refractivity contribution in [2.45, 2.75) is 24.8 Å². The number of rotatable bonds is 2. The highest BCUT2D eigenvalue weighted by molar-refractivity contribution is 7.89. The van der Waals surface area contributed by atoms with Gasteiger partial charge in [0.2, 0.25) is 15.9 Å². The maximum atomic E-state index is 12.5. The zero-order valence-electron chi connectivity index (χ0n) is 10.9. The van der Waals surface area contributed by atoms with Gasteiger partial charge in [-0.1, -0.05) is 0 Å². The van der Waals surface area contributed by atoms with Crippen molar-refractivity contribution in [1.82, 2.24) is 9.62 Å². The molecule has 1 aromatic rings. The highest BCUT2D eigenvalue weighted by atomic mass is 32.2. The number of carbonyl (C=O) groups excluding carboxylic acids is 1. The molecule has 0 spiro atoms. The average molecular weight is 283 g/mol. The van der Waals surface area contributed by atoms with E-state index in [0.29, 0.717) is 17.8 Å². The Labute approximate surface area is 112 Å². The predicted octanol–water partition coefficient (Wildman–Crippen LogP) is 0.0862. The molecule has 1 unspecified atom stereocenters. The minimum absolute atomic E-state index is 0.167. The van der Waals surface area contributed by atoms with E-state index in [1.165, 1.54) is 16.4 Å². The normalized spacial score (nSPS) is 21.2. The minimum Gasteiger partial charge on any atom is -0.399 e. The van der Waals surface area contributed by atoms with Gasteiger partial charge in [-0.2, -0.15) is 4.31 Å². The van der Waals surface area contributed by atoms with Crippen LogP contribution in [0.5, 0.6) is 0 Å². The molecule has 104 valence electrons.